The Kier molecular flexibility index (Phi) is 10.5. The van der Waals surface area contributed by atoms with E-state index in [0.29, 0.717) is 50.5 Å². The number of nitrogens with zero attached hydrogens (tertiary/aromatic N) is 1. The van der Waals surface area contributed by atoms with Gasteiger partial charge in [0.25, 0.3) is 0 Å². The maximum absolute atomic E-state index is 13.4. The number of hydrogen-bond acceptors (Lipinski definition) is 4. The summed E-state index contributed by atoms with van der Waals surface area (Å²) in [6.45, 7) is 7.34. The summed E-state index contributed by atoms with van der Waals surface area (Å²) in [5.41, 5.74) is 2.16. The molecule has 0 aliphatic heterocycles. The van der Waals surface area contributed by atoms with Crippen LogP contribution in [0.5, 0.6) is 11.5 Å². The van der Waals surface area contributed by atoms with Gasteiger partial charge in [0.15, 0.2) is 11.5 Å². The van der Waals surface area contributed by atoms with Crippen LogP contribution in [0.1, 0.15) is 64.0 Å². The van der Waals surface area contributed by atoms with E-state index >= 15 is 0 Å². The first-order valence-electron chi connectivity index (χ1n) is 13.0. The molecule has 1 aliphatic rings. The number of nitrogens with one attached hydrogen (secondary N) is 1. The van der Waals surface area contributed by atoms with Crippen LogP contribution in [-0.4, -0.2) is 48.6 Å². The number of aryl methyl sites for hydroxylation is 1. The maximum atomic E-state index is 13.4. The van der Waals surface area contributed by atoms with Crippen LogP contribution in [-0.2, 0) is 22.4 Å². The van der Waals surface area contributed by atoms with Crippen molar-refractivity contribution in [3.05, 3.63) is 59.7 Å². The normalized spacial score (nSPS) is 14.4. The van der Waals surface area contributed by atoms with Crippen molar-refractivity contribution in [3.63, 3.8) is 0 Å². The summed E-state index contributed by atoms with van der Waals surface area (Å²) in [6, 6.07) is 15.7. The van der Waals surface area contributed by atoms with Crippen molar-refractivity contribution >= 4 is 11.8 Å². The van der Waals surface area contributed by atoms with Gasteiger partial charge in [0.2, 0.25) is 11.8 Å². The zero-order valence-corrected chi connectivity index (χ0v) is 21.4. The first-order valence-corrected chi connectivity index (χ1v) is 13.0. The number of carbonyl (C=O) groups is 2. The van der Waals surface area contributed by atoms with E-state index in [1.807, 2.05) is 57.2 Å². The molecule has 1 saturated carbocycles. The highest BCUT2D eigenvalue weighted by atomic mass is 16.5. The number of rotatable bonds is 13. The van der Waals surface area contributed by atoms with Crippen LogP contribution in [0.25, 0.3) is 0 Å². The van der Waals surface area contributed by atoms with E-state index in [0.717, 1.165) is 36.8 Å². The van der Waals surface area contributed by atoms with Crippen LogP contribution in [0.2, 0.25) is 0 Å². The van der Waals surface area contributed by atoms with E-state index < -0.39 is 6.04 Å². The van der Waals surface area contributed by atoms with E-state index in [4.69, 9.17) is 9.47 Å². The number of hydrogen-bond donors (Lipinski definition) is 1. The SMILES string of the molecule is CCOc1ccc(CCC(=O)N(CCc2ccccc2)C(C)C(=O)NC2CCCC2)cc1OCC. The third-order valence-corrected chi connectivity index (χ3v) is 6.59. The van der Waals surface area contributed by atoms with Crippen LogP contribution < -0.4 is 14.8 Å². The van der Waals surface area contributed by atoms with Gasteiger partial charge in [-0.2, -0.15) is 0 Å². The maximum Gasteiger partial charge on any atom is 0.242 e. The molecule has 0 spiro atoms. The fraction of sp³-hybridized carbons (Fsp3) is 0.517. The van der Waals surface area contributed by atoms with Crippen molar-refractivity contribution < 1.29 is 19.1 Å². The van der Waals surface area contributed by atoms with E-state index in [9.17, 15) is 9.59 Å². The average molecular weight is 481 g/mol. The summed E-state index contributed by atoms with van der Waals surface area (Å²) in [4.78, 5) is 28.1. The second kappa shape index (κ2) is 13.8. The van der Waals surface area contributed by atoms with Crippen molar-refractivity contribution in [2.75, 3.05) is 19.8 Å². The van der Waals surface area contributed by atoms with Gasteiger partial charge in [0.1, 0.15) is 6.04 Å². The van der Waals surface area contributed by atoms with Gasteiger partial charge in [-0.05, 0) is 69.7 Å². The lowest BCUT2D eigenvalue weighted by molar-refractivity contribution is -0.140. The Bertz CT molecular complexity index is 941. The summed E-state index contributed by atoms with van der Waals surface area (Å²) in [5.74, 6) is 1.34. The minimum absolute atomic E-state index is 0.0122. The monoisotopic (exact) mass is 480 g/mol. The van der Waals surface area contributed by atoms with Gasteiger partial charge in [-0.1, -0.05) is 49.2 Å². The van der Waals surface area contributed by atoms with E-state index in [1.165, 1.54) is 0 Å². The fourth-order valence-electron chi connectivity index (χ4n) is 4.61. The predicted octanol–water partition coefficient (Wildman–Crippen LogP) is 4.94. The van der Waals surface area contributed by atoms with Gasteiger partial charge in [-0.3, -0.25) is 9.59 Å². The van der Waals surface area contributed by atoms with E-state index in [2.05, 4.69) is 17.4 Å². The van der Waals surface area contributed by atoms with Crippen molar-refractivity contribution in [1.29, 1.82) is 0 Å². The number of carbonyl (C=O) groups excluding carboxylic acids is 2. The minimum atomic E-state index is -0.508. The largest absolute Gasteiger partial charge is 0.490 e. The molecule has 0 heterocycles. The second-order valence-corrected chi connectivity index (χ2v) is 9.14. The minimum Gasteiger partial charge on any atom is -0.490 e. The molecule has 6 heteroatoms. The molecular weight excluding hydrogens is 440 g/mol. The molecule has 1 N–H and O–H groups in total. The zero-order valence-electron chi connectivity index (χ0n) is 21.4. The smallest absolute Gasteiger partial charge is 0.242 e. The lowest BCUT2D eigenvalue weighted by atomic mass is 10.1. The summed E-state index contributed by atoms with van der Waals surface area (Å²) < 4.78 is 11.4. The molecule has 2 amide bonds. The van der Waals surface area contributed by atoms with Gasteiger partial charge < -0.3 is 19.7 Å². The summed E-state index contributed by atoms with van der Waals surface area (Å²) in [7, 11) is 0. The lowest BCUT2D eigenvalue weighted by Gasteiger charge is -2.30. The molecule has 35 heavy (non-hydrogen) atoms. The summed E-state index contributed by atoms with van der Waals surface area (Å²) in [5, 5.41) is 3.16. The van der Waals surface area contributed by atoms with Gasteiger partial charge in [0, 0.05) is 19.0 Å². The Morgan fingerprint density at radius 2 is 1.63 bits per heavy atom. The Morgan fingerprint density at radius 1 is 0.943 bits per heavy atom. The molecule has 1 aliphatic carbocycles. The predicted molar refractivity (Wildman–Crippen MR) is 139 cm³/mol. The molecule has 0 aromatic heterocycles. The first kappa shape index (κ1) is 26.6. The van der Waals surface area contributed by atoms with Crippen molar-refractivity contribution in [1.82, 2.24) is 10.2 Å². The Labute approximate surface area is 210 Å². The molecule has 0 saturated heterocycles. The van der Waals surface area contributed by atoms with Crippen molar-refractivity contribution in [2.24, 2.45) is 0 Å². The van der Waals surface area contributed by atoms with E-state index in [-0.39, 0.29) is 17.9 Å². The van der Waals surface area contributed by atoms with Gasteiger partial charge >= 0.3 is 0 Å². The number of benzene rings is 2. The molecule has 0 radical (unpaired) electrons. The van der Waals surface area contributed by atoms with Crippen LogP contribution in [0.3, 0.4) is 0 Å². The topological polar surface area (TPSA) is 67.9 Å². The highest BCUT2D eigenvalue weighted by molar-refractivity contribution is 5.87. The van der Waals surface area contributed by atoms with Gasteiger partial charge in [-0.25, -0.2) is 0 Å². The van der Waals surface area contributed by atoms with Gasteiger partial charge in [0.05, 0.1) is 13.2 Å². The molecule has 2 aromatic rings. The molecular formula is C29H40N2O4. The second-order valence-electron chi connectivity index (χ2n) is 9.14. The third-order valence-electron chi connectivity index (χ3n) is 6.59. The van der Waals surface area contributed by atoms with Crippen LogP contribution in [0, 0.1) is 0 Å². The highest BCUT2D eigenvalue weighted by Gasteiger charge is 2.28. The van der Waals surface area contributed by atoms with Crippen molar-refractivity contribution in [2.45, 2.75) is 77.8 Å². The first-order chi connectivity index (χ1) is 17.0. The Morgan fingerprint density at radius 3 is 2.31 bits per heavy atom. The van der Waals surface area contributed by atoms with Gasteiger partial charge in [-0.15, -0.1) is 0 Å². The molecule has 190 valence electrons. The standard InChI is InChI=1S/C29H40N2O4/c1-4-34-26-17-15-24(21-27(26)35-5-2)16-18-28(32)31(20-19-23-11-7-6-8-12-23)22(3)29(33)30-25-13-9-10-14-25/h6-8,11-12,15,17,21-22,25H,4-5,9-10,13-14,16,18-20H2,1-3H3,(H,30,33). The molecule has 1 atom stereocenters. The average Bonchev–Trinajstić information content (AvgIpc) is 3.38. The quantitative estimate of drug-likeness (QED) is 0.441. The molecule has 6 nitrogen and oxygen atoms in total. The fourth-order valence-corrected chi connectivity index (χ4v) is 4.61. The lowest BCUT2D eigenvalue weighted by Crippen LogP contribution is -2.50. The van der Waals surface area contributed by atoms with Crippen LogP contribution >= 0.6 is 0 Å². The van der Waals surface area contributed by atoms with E-state index in [1.54, 1.807) is 4.90 Å². The Balaban J connectivity index is 1.67. The zero-order chi connectivity index (χ0) is 25.0. The number of ether oxygens (including phenoxy) is 2. The molecule has 1 unspecified atom stereocenters. The van der Waals surface area contributed by atoms with Crippen LogP contribution in [0.4, 0.5) is 0 Å². The third kappa shape index (κ3) is 8.01. The highest BCUT2D eigenvalue weighted by Crippen LogP contribution is 2.29. The molecule has 2 aromatic carbocycles. The molecule has 1 fully saturated rings. The molecule has 0 bridgehead atoms. The van der Waals surface area contributed by atoms with Crippen LogP contribution in [0.15, 0.2) is 48.5 Å². The summed E-state index contributed by atoms with van der Waals surface area (Å²) in [6.07, 6.45) is 5.97. The summed E-state index contributed by atoms with van der Waals surface area (Å²) >= 11 is 0. The number of amides is 2. The van der Waals surface area contributed by atoms with Crippen molar-refractivity contribution in [3.8, 4) is 11.5 Å². The Hall–Kier alpha value is -3.02. The molecule has 3 rings (SSSR count).